The number of unbranched alkanes of at least 4 members (excludes halogenated alkanes) is 1. The van der Waals surface area contributed by atoms with Crippen molar-refractivity contribution in [2.75, 3.05) is 18.9 Å². The van der Waals surface area contributed by atoms with Crippen LogP contribution in [0.25, 0.3) is 0 Å². The van der Waals surface area contributed by atoms with E-state index in [1.807, 2.05) is 12.1 Å². The molecule has 1 aromatic rings. The molecule has 2 atom stereocenters. The van der Waals surface area contributed by atoms with Gasteiger partial charge in [-0.15, -0.1) is 0 Å². The van der Waals surface area contributed by atoms with E-state index in [0.29, 0.717) is 17.1 Å². The number of benzene rings is 1. The first-order valence-corrected chi connectivity index (χ1v) is 7.72. The number of rotatable bonds is 6. The molecule has 0 radical (unpaired) electrons. The third-order valence-electron chi connectivity index (χ3n) is 3.80. The molecule has 5 heteroatoms. The zero-order chi connectivity index (χ0) is 15.4. The second kappa shape index (κ2) is 6.94. The Morgan fingerprint density at radius 3 is 2.71 bits per heavy atom. The fourth-order valence-electron chi connectivity index (χ4n) is 2.33. The lowest BCUT2D eigenvalue weighted by Gasteiger charge is -2.16. The Morgan fingerprint density at radius 2 is 2.05 bits per heavy atom. The highest BCUT2D eigenvalue weighted by Crippen LogP contribution is 2.41. The van der Waals surface area contributed by atoms with Crippen LogP contribution in [0.3, 0.4) is 0 Å². The minimum absolute atomic E-state index is 0.0720. The second-order valence-electron chi connectivity index (χ2n) is 5.53. The van der Waals surface area contributed by atoms with E-state index >= 15 is 0 Å². The number of carbonyl (C=O) groups excluding carboxylic acids is 2. The van der Waals surface area contributed by atoms with E-state index in [9.17, 15) is 9.59 Å². The molecule has 2 rings (SSSR count). The molecule has 1 aliphatic carbocycles. The fraction of sp³-hybridized carbons (Fsp3) is 0.500. The van der Waals surface area contributed by atoms with E-state index in [2.05, 4.69) is 12.2 Å². The van der Waals surface area contributed by atoms with Crippen LogP contribution in [0.2, 0.25) is 5.02 Å². The number of anilines is 1. The molecule has 2 amide bonds. The molecule has 0 spiro atoms. The van der Waals surface area contributed by atoms with Gasteiger partial charge in [-0.1, -0.05) is 37.1 Å². The molecule has 1 saturated carbocycles. The number of hydrogen-bond donors (Lipinski definition) is 1. The molecule has 1 N–H and O–H groups in total. The molecule has 0 aromatic heterocycles. The van der Waals surface area contributed by atoms with Crippen LogP contribution in [0.1, 0.15) is 26.2 Å². The highest BCUT2D eigenvalue weighted by Gasteiger charge is 2.49. The van der Waals surface area contributed by atoms with Crippen molar-refractivity contribution < 1.29 is 9.59 Å². The predicted octanol–water partition coefficient (Wildman–Crippen LogP) is 3.17. The molecule has 114 valence electrons. The van der Waals surface area contributed by atoms with Crippen LogP contribution in [-0.4, -0.2) is 30.3 Å². The first-order chi connectivity index (χ1) is 10.0. The molecule has 0 aliphatic heterocycles. The molecule has 1 aliphatic rings. The van der Waals surface area contributed by atoms with Crippen molar-refractivity contribution >= 4 is 29.1 Å². The van der Waals surface area contributed by atoms with E-state index in [-0.39, 0.29) is 23.7 Å². The summed E-state index contributed by atoms with van der Waals surface area (Å²) in [4.78, 5) is 26.0. The minimum Gasteiger partial charge on any atom is -0.346 e. The van der Waals surface area contributed by atoms with Gasteiger partial charge in [0.2, 0.25) is 11.8 Å². The van der Waals surface area contributed by atoms with Gasteiger partial charge in [0.15, 0.2) is 0 Å². The van der Waals surface area contributed by atoms with Gasteiger partial charge in [-0.05, 0) is 25.0 Å². The summed E-state index contributed by atoms with van der Waals surface area (Å²) in [7, 11) is 1.80. The number of amides is 2. The van der Waals surface area contributed by atoms with Gasteiger partial charge >= 0.3 is 0 Å². The Balaban J connectivity index is 1.87. The van der Waals surface area contributed by atoms with Gasteiger partial charge in [0.1, 0.15) is 0 Å². The molecule has 4 nitrogen and oxygen atoms in total. The monoisotopic (exact) mass is 308 g/mol. The Bertz CT molecular complexity index is 533. The molecule has 0 saturated heterocycles. The largest absolute Gasteiger partial charge is 0.346 e. The highest BCUT2D eigenvalue weighted by atomic mass is 35.5. The summed E-state index contributed by atoms with van der Waals surface area (Å²) in [6.45, 7) is 2.85. The molecule has 1 fully saturated rings. The van der Waals surface area contributed by atoms with Crippen molar-refractivity contribution in [1.82, 2.24) is 4.90 Å². The summed E-state index contributed by atoms with van der Waals surface area (Å²) >= 11 is 6.01. The van der Waals surface area contributed by atoms with Crippen LogP contribution in [0.5, 0.6) is 0 Å². The van der Waals surface area contributed by atoms with Gasteiger partial charge in [0.25, 0.3) is 0 Å². The maximum atomic E-state index is 12.2. The van der Waals surface area contributed by atoms with Crippen LogP contribution in [-0.2, 0) is 9.59 Å². The van der Waals surface area contributed by atoms with Crippen LogP contribution >= 0.6 is 11.6 Å². The lowest BCUT2D eigenvalue weighted by atomic mass is 10.2. The van der Waals surface area contributed by atoms with E-state index in [0.717, 1.165) is 19.4 Å². The molecule has 0 heterocycles. The van der Waals surface area contributed by atoms with E-state index in [1.54, 1.807) is 24.1 Å². The fourth-order valence-corrected chi connectivity index (χ4v) is 2.52. The van der Waals surface area contributed by atoms with Crippen molar-refractivity contribution in [1.29, 1.82) is 0 Å². The Hall–Kier alpha value is -1.55. The van der Waals surface area contributed by atoms with Crippen LogP contribution < -0.4 is 5.32 Å². The maximum Gasteiger partial charge on any atom is 0.228 e. The summed E-state index contributed by atoms with van der Waals surface area (Å²) in [5.74, 6) is -0.444. The lowest BCUT2D eigenvalue weighted by Crippen LogP contribution is -2.30. The highest BCUT2D eigenvalue weighted by molar-refractivity contribution is 6.33. The summed E-state index contributed by atoms with van der Waals surface area (Å²) < 4.78 is 0. The first kappa shape index (κ1) is 15.8. The van der Waals surface area contributed by atoms with Crippen molar-refractivity contribution in [3.8, 4) is 0 Å². The standard InChI is InChI=1S/C16H21ClN2O2/c1-3-4-9-19(2)16(21)12-10-11(12)15(20)18-14-8-6-5-7-13(14)17/h5-8,11-12H,3-4,9-10H2,1-2H3,(H,18,20). The average Bonchev–Trinajstić information content (AvgIpc) is 3.26. The molecule has 1 aromatic carbocycles. The molecule has 0 bridgehead atoms. The average molecular weight is 309 g/mol. The van der Waals surface area contributed by atoms with Gasteiger partial charge in [-0.3, -0.25) is 9.59 Å². The van der Waals surface area contributed by atoms with Crippen molar-refractivity contribution in [2.45, 2.75) is 26.2 Å². The van der Waals surface area contributed by atoms with E-state index < -0.39 is 0 Å². The molecule has 21 heavy (non-hydrogen) atoms. The van der Waals surface area contributed by atoms with Crippen LogP contribution in [0, 0.1) is 11.8 Å². The van der Waals surface area contributed by atoms with Gasteiger partial charge in [0.05, 0.1) is 22.5 Å². The number of nitrogens with zero attached hydrogens (tertiary/aromatic N) is 1. The van der Waals surface area contributed by atoms with Gasteiger partial charge in [-0.25, -0.2) is 0 Å². The summed E-state index contributed by atoms with van der Waals surface area (Å²) in [6, 6.07) is 7.11. The van der Waals surface area contributed by atoms with Crippen molar-refractivity contribution in [3.63, 3.8) is 0 Å². The van der Waals surface area contributed by atoms with Crippen molar-refractivity contribution in [2.24, 2.45) is 11.8 Å². The van der Waals surface area contributed by atoms with Gasteiger partial charge in [0, 0.05) is 13.6 Å². The lowest BCUT2D eigenvalue weighted by molar-refractivity contribution is -0.132. The van der Waals surface area contributed by atoms with Gasteiger partial charge in [-0.2, -0.15) is 0 Å². The first-order valence-electron chi connectivity index (χ1n) is 7.35. The molecular formula is C16H21ClN2O2. The molecule has 2 unspecified atom stereocenters. The number of halogens is 1. The zero-order valence-corrected chi connectivity index (χ0v) is 13.2. The predicted molar refractivity (Wildman–Crippen MR) is 84.2 cm³/mol. The van der Waals surface area contributed by atoms with Gasteiger partial charge < -0.3 is 10.2 Å². The smallest absolute Gasteiger partial charge is 0.228 e. The number of carbonyl (C=O) groups is 2. The maximum absolute atomic E-state index is 12.2. The topological polar surface area (TPSA) is 49.4 Å². The third kappa shape index (κ3) is 3.97. The zero-order valence-electron chi connectivity index (χ0n) is 12.4. The van der Waals surface area contributed by atoms with E-state index in [1.165, 1.54) is 0 Å². The van der Waals surface area contributed by atoms with Crippen LogP contribution in [0.15, 0.2) is 24.3 Å². The Labute approximate surface area is 130 Å². The second-order valence-corrected chi connectivity index (χ2v) is 5.94. The third-order valence-corrected chi connectivity index (χ3v) is 4.13. The number of para-hydroxylation sites is 1. The number of nitrogens with one attached hydrogen (secondary N) is 1. The number of hydrogen-bond acceptors (Lipinski definition) is 2. The minimum atomic E-state index is -0.224. The van der Waals surface area contributed by atoms with Crippen LogP contribution in [0.4, 0.5) is 5.69 Å². The summed E-state index contributed by atoms with van der Waals surface area (Å²) in [5, 5.41) is 3.31. The Morgan fingerprint density at radius 1 is 1.33 bits per heavy atom. The Kier molecular flexibility index (Phi) is 5.23. The quantitative estimate of drug-likeness (QED) is 0.877. The summed E-state index contributed by atoms with van der Waals surface area (Å²) in [5.41, 5.74) is 0.599. The van der Waals surface area contributed by atoms with Crippen molar-refractivity contribution in [3.05, 3.63) is 29.3 Å². The van der Waals surface area contributed by atoms with E-state index in [4.69, 9.17) is 11.6 Å². The SMILES string of the molecule is CCCCN(C)C(=O)C1CC1C(=O)Nc1ccccc1Cl. The molecular weight excluding hydrogens is 288 g/mol. The normalized spacial score (nSPS) is 20.0. The summed E-state index contributed by atoms with van der Waals surface area (Å²) in [6.07, 6.45) is 2.68.